The van der Waals surface area contributed by atoms with Crippen LogP contribution in [-0.4, -0.2) is 17.9 Å². The number of nitrogens with zero attached hydrogens (tertiary/aromatic N) is 1. The molecule has 29 heavy (non-hydrogen) atoms. The van der Waals surface area contributed by atoms with Crippen LogP contribution < -0.4 is 10.2 Å². The SMILES string of the molecule is Cc1ccc(C(=O)N2c3ccccc3C(CC(=O)Nc3ccccc3)CC2C)s1. The number of carbonyl (C=O) groups excluding carboxylic acids is 2. The molecule has 0 radical (unpaired) electrons. The zero-order valence-electron chi connectivity index (χ0n) is 16.6. The number of thiophene rings is 1. The topological polar surface area (TPSA) is 49.4 Å². The third-order valence-corrected chi connectivity index (χ3v) is 6.35. The lowest BCUT2D eigenvalue weighted by Gasteiger charge is -2.39. The number of fused-ring (bicyclic) bond motifs is 1. The van der Waals surface area contributed by atoms with Gasteiger partial charge in [-0.25, -0.2) is 0 Å². The van der Waals surface area contributed by atoms with Crippen LogP contribution in [0.3, 0.4) is 0 Å². The Morgan fingerprint density at radius 2 is 1.76 bits per heavy atom. The standard InChI is InChI=1S/C24H24N2O2S/c1-16-14-18(15-23(27)25-19-8-4-3-5-9-19)20-10-6-7-11-21(20)26(16)24(28)22-13-12-17(2)29-22/h3-13,16,18H,14-15H2,1-2H3,(H,25,27). The Hall–Kier alpha value is -2.92. The lowest BCUT2D eigenvalue weighted by atomic mass is 9.83. The van der Waals surface area contributed by atoms with Gasteiger partial charge in [0.2, 0.25) is 5.91 Å². The molecular weight excluding hydrogens is 380 g/mol. The highest BCUT2D eigenvalue weighted by molar-refractivity contribution is 7.14. The van der Waals surface area contributed by atoms with Crippen LogP contribution in [0.5, 0.6) is 0 Å². The number of para-hydroxylation sites is 2. The van der Waals surface area contributed by atoms with Crippen molar-refractivity contribution < 1.29 is 9.59 Å². The van der Waals surface area contributed by atoms with Crippen molar-refractivity contribution in [1.82, 2.24) is 0 Å². The van der Waals surface area contributed by atoms with E-state index in [0.29, 0.717) is 6.42 Å². The molecule has 148 valence electrons. The van der Waals surface area contributed by atoms with Gasteiger partial charge in [0.1, 0.15) is 0 Å². The lowest BCUT2D eigenvalue weighted by Crippen LogP contribution is -2.43. The largest absolute Gasteiger partial charge is 0.326 e. The van der Waals surface area contributed by atoms with E-state index in [1.54, 1.807) is 0 Å². The van der Waals surface area contributed by atoms with Crippen LogP contribution in [0, 0.1) is 6.92 Å². The van der Waals surface area contributed by atoms with Crippen LogP contribution in [-0.2, 0) is 4.79 Å². The third-order valence-electron chi connectivity index (χ3n) is 5.36. The van der Waals surface area contributed by atoms with Crippen LogP contribution in [0.15, 0.2) is 66.7 Å². The fourth-order valence-electron chi connectivity index (χ4n) is 4.06. The van der Waals surface area contributed by atoms with Crippen LogP contribution in [0.25, 0.3) is 0 Å². The monoisotopic (exact) mass is 404 g/mol. The van der Waals surface area contributed by atoms with Crippen molar-refractivity contribution in [3.05, 3.63) is 82.0 Å². The predicted molar refractivity (Wildman–Crippen MR) is 119 cm³/mol. The van der Waals surface area contributed by atoms with E-state index in [1.165, 1.54) is 11.3 Å². The van der Waals surface area contributed by atoms with Crippen LogP contribution >= 0.6 is 11.3 Å². The van der Waals surface area contributed by atoms with Crippen molar-refractivity contribution >= 4 is 34.5 Å². The molecule has 0 fully saturated rings. The van der Waals surface area contributed by atoms with Crippen LogP contribution in [0.4, 0.5) is 11.4 Å². The predicted octanol–water partition coefficient (Wildman–Crippen LogP) is 5.61. The molecule has 2 amide bonds. The Morgan fingerprint density at radius 3 is 2.48 bits per heavy atom. The molecule has 1 aromatic heterocycles. The highest BCUT2D eigenvalue weighted by atomic mass is 32.1. The number of nitrogens with one attached hydrogen (secondary N) is 1. The Kier molecular flexibility index (Phi) is 5.49. The second kappa shape index (κ2) is 8.21. The quantitative estimate of drug-likeness (QED) is 0.615. The average Bonchev–Trinajstić information content (AvgIpc) is 3.15. The van der Waals surface area contributed by atoms with E-state index >= 15 is 0 Å². The summed E-state index contributed by atoms with van der Waals surface area (Å²) < 4.78 is 0. The number of anilines is 2. The summed E-state index contributed by atoms with van der Waals surface area (Å²) in [6.07, 6.45) is 1.16. The Morgan fingerprint density at radius 1 is 1.03 bits per heavy atom. The van der Waals surface area contributed by atoms with Gasteiger partial charge in [-0.3, -0.25) is 9.59 Å². The highest BCUT2D eigenvalue weighted by Crippen LogP contribution is 2.41. The molecule has 0 aliphatic carbocycles. The van der Waals surface area contributed by atoms with E-state index in [9.17, 15) is 9.59 Å². The summed E-state index contributed by atoms with van der Waals surface area (Å²) in [6.45, 7) is 4.08. The summed E-state index contributed by atoms with van der Waals surface area (Å²) in [5, 5.41) is 2.98. The van der Waals surface area contributed by atoms with Gasteiger partial charge in [0.05, 0.1) is 4.88 Å². The summed E-state index contributed by atoms with van der Waals surface area (Å²) in [6, 6.07) is 21.4. The first-order chi connectivity index (χ1) is 14.0. The van der Waals surface area contributed by atoms with Gasteiger partial charge in [0.25, 0.3) is 5.91 Å². The number of amides is 2. The van der Waals surface area contributed by atoms with Gasteiger partial charge >= 0.3 is 0 Å². The summed E-state index contributed by atoms with van der Waals surface area (Å²) in [5.74, 6) is 0.117. The summed E-state index contributed by atoms with van der Waals surface area (Å²) >= 11 is 1.52. The van der Waals surface area contributed by atoms with Crippen molar-refractivity contribution in [2.75, 3.05) is 10.2 Å². The first-order valence-electron chi connectivity index (χ1n) is 9.86. The van der Waals surface area contributed by atoms with Crippen molar-refractivity contribution in [2.45, 2.75) is 38.6 Å². The minimum atomic E-state index is -0.00291. The molecule has 1 aliphatic rings. The van der Waals surface area contributed by atoms with E-state index in [4.69, 9.17) is 0 Å². The normalized spacial score (nSPS) is 18.2. The Balaban J connectivity index is 1.58. The van der Waals surface area contributed by atoms with Gasteiger partial charge in [-0.05, 0) is 62.1 Å². The van der Waals surface area contributed by atoms with E-state index in [-0.39, 0.29) is 23.8 Å². The molecule has 1 N–H and O–H groups in total. The van der Waals surface area contributed by atoms with Crippen LogP contribution in [0.1, 0.15) is 45.8 Å². The minimum absolute atomic E-state index is 0.00291. The fraction of sp³-hybridized carbons (Fsp3) is 0.250. The lowest BCUT2D eigenvalue weighted by molar-refractivity contribution is -0.116. The van der Waals surface area contributed by atoms with E-state index in [2.05, 4.69) is 12.2 Å². The molecule has 5 heteroatoms. The molecule has 0 bridgehead atoms. The molecule has 2 atom stereocenters. The zero-order chi connectivity index (χ0) is 20.4. The maximum atomic E-state index is 13.2. The van der Waals surface area contributed by atoms with Gasteiger partial charge in [-0.1, -0.05) is 36.4 Å². The summed E-state index contributed by atoms with van der Waals surface area (Å²) in [7, 11) is 0. The molecule has 0 saturated heterocycles. The van der Waals surface area contributed by atoms with E-state index < -0.39 is 0 Å². The number of benzene rings is 2. The second-order valence-corrected chi connectivity index (χ2v) is 8.83. The third kappa shape index (κ3) is 4.10. The van der Waals surface area contributed by atoms with E-state index in [0.717, 1.165) is 33.1 Å². The Labute approximate surface area is 175 Å². The van der Waals surface area contributed by atoms with Crippen molar-refractivity contribution in [1.29, 1.82) is 0 Å². The van der Waals surface area contributed by atoms with Crippen molar-refractivity contribution in [2.24, 2.45) is 0 Å². The van der Waals surface area contributed by atoms with Gasteiger partial charge < -0.3 is 10.2 Å². The second-order valence-electron chi connectivity index (χ2n) is 7.54. The molecule has 2 aromatic carbocycles. The molecule has 1 aliphatic heterocycles. The van der Waals surface area contributed by atoms with Gasteiger partial charge in [0, 0.05) is 28.7 Å². The molecular formula is C24H24N2O2S. The first kappa shape index (κ1) is 19.4. The molecule has 2 unspecified atom stereocenters. The summed E-state index contributed by atoms with van der Waals surface area (Å²) in [4.78, 5) is 29.6. The first-order valence-corrected chi connectivity index (χ1v) is 10.7. The number of carbonyl (C=O) groups is 2. The number of hydrogen-bond acceptors (Lipinski definition) is 3. The smallest absolute Gasteiger partial charge is 0.268 e. The molecule has 2 heterocycles. The average molecular weight is 405 g/mol. The fourth-order valence-corrected chi connectivity index (χ4v) is 4.87. The number of hydrogen-bond donors (Lipinski definition) is 1. The van der Waals surface area contributed by atoms with Gasteiger partial charge in [0.15, 0.2) is 0 Å². The maximum Gasteiger partial charge on any atom is 0.268 e. The minimum Gasteiger partial charge on any atom is -0.326 e. The Bertz CT molecular complexity index is 1030. The highest BCUT2D eigenvalue weighted by Gasteiger charge is 2.35. The van der Waals surface area contributed by atoms with Gasteiger partial charge in [-0.15, -0.1) is 11.3 Å². The molecule has 0 spiro atoms. The van der Waals surface area contributed by atoms with Gasteiger partial charge in [-0.2, -0.15) is 0 Å². The molecule has 0 saturated carbocycles. The molecule has 4 nitrogen and oxygen atoms in total. The van der Waals surface area contributed by atoms with Crippen molar-refractivity contribution in [3.8, 4) is 0 Å². The molecule has 3 aromatic rings. The summed E-state index contributed by atoms with van der Waals surface area (Å²) in [5.41, 5.74) is 2.79. The number of rotatable bonds is 4. The van der Waals surface area contributed by atoms with Crippen molar-refractivity contribution in [3.63, 3.8) is 0 Å². The number of aryl methyl sites for hydroxylation is 1. The zero-order valence-corrected chi connectivity index (χ0v) is 17.4. The maximum absolute atomic E-state index is 13.2. The van der Waals surface area contributed by atoms with E-state index in [1.807, 2.05) is 78.6 Å². The van der Waals surface area contributed by atoms with Crippen LogP contribution in [0.2, 0.25) is 0 Å². The molecule has 4 rings (SSSR count).